The van der Waals surface area contributed by atoms with Gasteiger partial charge in [0, 0.05) is 19.8 Å². The average Bonchev–Trinajstić information content (AvgIpc) is 2.46. The Bertz CT molecular complexity index is 389. The van der Waals surface area contributed by atoms with Gasteiger partial charge in [-0.3, -0.25) is 4.79 Å². The summed E-state index contributed by atoms with van der Waals surface area (Å²) in [7, 11) is 0. The Hall–Kier alpha value is -1.56. The van der Waals surface area contributed by atoms with Crippen LogP contribution in [0.2, 0.25) is 0 Å². The van der Waals surface area contributed by atoms with Crippen LogP contribution in [0.15, 0.2) is 12.7 Å². The van der Waals surface area contributed by atoms with Gasteiger partial charge in [0.2, 0.25) is 0 Å². The van der Waals surface area contributed by atoms with E-state index in [1.807, 2.05) is 0 Å². The topological polar surface area (TPSA) is 76.1 Å². The van der Waals surface area contributed by atoms with Gasteiger partial charge < -0.3 is 19.5 Å². The smallest absolute Gasteiger partial charge is 0.410 e. The Morgan fingerprint density at radius 2 is 2.10 bits per heavy atom. The lowest BCUT2D eigenvalue weighted by atomic mass is 9.77. The number of piperidine rings is 1. The van der Waals surface area contributed by atoms with Crippen molar-refractivity contribution in [3.8, 4) is 0 Å². The first-order valence-corrected chi connectivity index (χ1v) is 6.95. The third kappa shape index (κ3) is 2.95. The van der Waals surface area contributed by atoms with E-state index >= 15 is 0 Å². The van der Waals surface area contributed by atoms with Crippen LogP contribution in [-0.2, 0) is 14.3 Å². The molecule has 6 heteroatoms. The average molecular weight is 283 g/mol. The highest BCUT2D eigenvalue weighted by Gasteiger charge is 2.47. The fourth-order valence-electron chi connectivity index (χ4n) is 3.03. The van der Waals surface area contributed by atoms with Gasteiger partial charge in [0.25, 0.3) is 0 Å². The summed E-state index contributed by atoms with van der Waals surface area (Å²) < 4.78 is 10.5. The zero-order valence-corrected chi connectivity index (χ0v) is 11.5. The molecule has 0 radical (unpaired) electrons. The van der Waals surface area contributed by atoms with E-state index < -0.39 is 18.0 Å². The van der Waals surface area contributed by atoms with Crippen LogP contribution in [0.4, 0.5) is 4.79 Å². The molecule has 0 aromatic carbocycles. The molecule has 2 saturated heterocycles. The predicted molar refractivity (Wildman–Crippen MR) is 71.4 cm³/mol. The predicted octanol–water partition coefficient (Wildman–Crippen LogP) is 1.65. The van der Waals surface area contributed by atoms with Gasteiger partial charge >= 0.3 is 12.1 Å². The van der Waals surface area contributed by atoms with Crippen LogP contribution in [0.1, 0.15) is 25.7 Å². The molecule has 2 aliphatic heterocycles. The Kier molecular flexibility index (Phi) is 4.65. The maximum Gasteiger partial charge on any atom is 0.410 e. The number of ether oxygens (including phenoxy) is 2. The molecule has 1 atom stereocenters. The molecule has 0 saturated carbocycles. The van der Waals surface area contributed by atoms with E-state index in [2.05, 4.69) is 6.58 Å². The molecule has 0 aliphatic carbocycles. The summed E-state index contributed by atoms with van der Waals surface area (Å²) in [6.45, 7) is 5.07. The maximum absolute atomic E-state index is 12.2. The van der Waals surface area contributed by atoms with Gasteiger partial charge in [0.05, 0.1) is 11.5 Å². The SMILES string of the molecule is C=CCOC(=O)N1CC(C(=O)O)CCC12CCOCC2. The first kappa shape index (κ1) is 14.8. The number of carboxylic acids is 1. The lowest BCUT2D eigenvalue weighted by Gasteiger charge is -2.49. The third-order valence-corrected chi connectivity index (χ3v) is 4.25. The molecule has 2 rings (SSSR count). The van der Waals surface area contributed by atoms with Gasteiger partial charge in [-0.15, -0.1) is 0 Å². The number of hydrogen-bond donors (Lipinski definition) is 1. The van der Waals surface area contributed by atoms with Gasteiger partial charge in [-0.2, -0.15) is 0 Å². The lowest BCUT2D eigenvalue weighted by molar-refractivity contribution is -0.146. The lowest BCUT2D eigenvalue weighted by Crippen LogP contribution is -2.59. The second kappa shape index (κ2) is 6.26. The minimum Gasteiger partial charge on any atom is -0.481 e. The first-order chi connectivity index (χ1) is 9.59. The molecule has 0 aromatic rings. The number of carboxylic acid groups (broad SMARTS) is 1. The molecule has 2 fully saturated rings. The number of hydrogen-bond acceptors (Lipinski definition) is 4. The van der Waals surface area contributed by atoms with Crippen LogP contribution in [0.5, 0.6) is 0 Å². The minimum atomic E-state index is -0.853. The molecule has 1 amide bonds. The molecule has 0 bridgehead atoms. The van der Waals surface area contributed by atoms with Gasteiger partial charge in [-0.25, -0.2) is 4.79 Å². The normalized spacial score (nSPS) is 25.2. The van der Waals surface area contributed by atoms with Crippen molar-refractivity contribution in [3.63, 3.8) is 0 Å². The van der Waals surface area contributed by atoms with E-state index in [4.69, 9.17) is 9.47 Å². The van der Waals surface area contributed by atoms with Crippen LogP contribution < -0.4 is 0 Å². The summed E-state index contributed by atoms with van der Waals surface area (Å²) in [5, 5.41) is 9.18. The number of carbonyl (C=O) groups excluding carboxylic acids is 1. The monoisotopic (exact) mass is 283 g/mol. The zero-order chi connectivity index (χ0) is 14.6. The van der Waals surface area contributed by atoms with E-state index in [-0.39, 0.29) is 18.7 Å². The van der Waals surface area contributed by atoms with E-state index in [9.17, 15) is 14.7 Å². The van der Waals surface area contributed by atoms with E-state index in [1.54, 1.807) is 4.90 Å². The largest absolute Gasteiger partial charge is 0.481 e. The molecule has 2 heterocycles. The quantitative estimate of drug-likeness (QED) is 0.797. The van der Waals surface area contributed by atoms with Gasteiger partial charge in [0.1, 0.15) is 6.61 Å². The number of nitrogens with zero attached hydrogens (tertiary/aromatic N) is 1. The summed E-state index contributed by atoms with van der Waals surface area (Å²) in [6.07, 6.45) is 3.83. The Morgan fingerprint density at radius 1 is 1.40 bits per heavy atom. The van der Waals surface area contributed by atoms with Crippen molar-refractivity contribution in [3.05, 3.63) is 12.7 Å². The van der Waals surface area contributed by atoms with Crippen molar-refractivity contribution in [2.45, 2.75) is 31.2 Å². The first-order valence-electron chi connectivity index (χ1n) is 6.95. The van der Waals surface area contributed by atoms with Crippen molar-refractivity contribution >= 4 is 12.1 Å². The van der Waals surface area contributed by atoms with Crippen molar-refractivity contribution < 1.29 is 24.2 Å². The molecule has 6 nitrogen and oxygen atoms in total. The molecule has 0 aromatic heterocycles. The fraction of sp³-hybridized carbons (Fsp3) is 0.714. The van der Waals surface area contributed by atoms with E-state index in [1.165, 1.54) is 6.08 Å². The van der Waals surface area contributed by atoms with Crippen molar-refractivity contribution in [2.24, 2.45) is 5.92 Å². The van der Waals surface area contributed by atoms with Crippen LogP contribution in [0.3, 0.4) is 0 Å². The molecule has 1 unspecified atom stereocenters. The highest BCUT2D eigenvalue weighted by atomic mass is 16.6. The number of rotatable bonds is 3. The second-order valence-electron chi connectivity index (χ2n) is 5.39. The van der Waals surface area contributed by atoms with E-state index in [0.717, 1.165) is 12.8 Å². The number of amides is 1. The summed E-state index contributed by atoms with van der Waals surface area (Å²) in [5.41, 5.74) is -0.303. The van der Waals surface area contributed by atoms with Crippen molar-refractivity contribution in [2.75, 3.05) is 26.4 Å². The number of likely N-dealkylation sites (tertiary alicyclic amines) is 1. The summed E-state index contributed by atoms with van der Waals surface area (Å²) in [5.74, 6) is -1.37. The molecule has 20 heavy (non-hydrogen) atoms. The Balaban J connectivity index is 2.15. The number of carbonyl (C=O) groups is 2. The van der Waals surface area contributed by atoms with Gasteiger partial charge in [-0.05, 0) is 25.7 Å². The fourth-order valence-corrected chi connectivity index (χ4v) is 3.03. The maximum atomic E-state index is 12.2. The van der Waals surface area contributed by atoms with Crippen LogP contribution in [0.25, 0.3) is 0 Å². The highest BCUT2D eigenvalue weighted by Crippen LogP contribution is 2.39. The summed E-state index contributed by atoms with van der Waals surface area (Å²) in [4.78, 5) is 25.0. The zero-order valence-electron chi connectivity index (χ0n) is 11.5. The minimum absolute atomic E-state index is 0.139. The molecule has 2 aliphatic rings. The molecule has 1 N–H and O–H groups in total. The second-order valence-corrected chi connectivity index (χ2v) is 5.39. The number of aliphatic carboxylic acids is 1. The molecular weight excluding hydrogens is 262 g/mol. The van der Waals surface area contributed by atoms with E-state index in [0.29, 0.717) is 26.1 Å². The van der Waals surface area contributed by atoms with Crippen LogP contribution in [-0.4, -0.2) is 54.0 Å². The molecular formula is C14H21NO5. The van der Waals surface area contributed by atoms with Gasteiger partial charge in [0.15, 0.2) is 0 Å². The Morgan fingerprint density at radius 3 is 2.70 bits per heavy atom. The Labute approximate surface area is 118 Å². The molecule has 112 valence electrons. The summed E-state index contributed by atoms with van der Waals surface area (Å²) in [6, 6.07) is 0. The third-order valence-electron chi connectivity index (χ3n) is 4.25. The van der Waals surface area contributed by atoms with Crippen LogP contribution in [0, 0.1) is 5.92 Å². The summed E-state index contributed by atoms with van der Waals surface area (Å²) >= 11 is 0. The highest BCUT2D eigenvalue weighted by molar-refractivity contribution is 5.74. The molecule has 1 spiro atoms. The van der Waals surface area contributed by atoms with Crippen LogP contribution >= 0.6 is 0 Å². The van der Waals surface area contributed by atoms with Crippen molar-refractivity contribution in [1.82, 2.24) is 4.90 Å². The standard InChI is InChI=1S/C14H21NO5/c1-2-7-20-13(18)15-10-11(12(16)17)3-4-14(15)5-8-19-9-6-14/h2,11H,1,3-10H2,(H,16,17). The van der Waals surface area contributed by atoms with Gasteiger partial charge in [-0.1, -0.05) is 12.7 Å². The van der Waals surface area contributed by atoms with Crippen molar-refractivity contribution in [1.29, 1.82) is 0 Å².